The molecule has 0 N–H and O–H groups in total. The predicted octanol–water partition coefficient (Wildman–Crippen LogP) is 5.13. The minimum atomic E-state index is -0.000921. The van der Waals surface area contributed by atoms with Gasteiger partial charge in [0.2, 0.25) is 0 Å². The van der Waals surface area contributed by atoms with E-state index in [0.29, 0.717) is 11.6 Å². The van der Waals surface area contributed by atoms with E-state index in [1.165, 1.54) is 11.1 Å². The average Bonchev–Trinajstić information content (AvgIpc) is 3.40. The van der Waals surface area contributed by atoms with Gasteiger partial charge in [0.25, 0.3) is 0 Å². The molecule has 30 heavy (non-hydrogen) atoms. The van der Waals surface area contributed by atoms with Gasteiger partial charge in [-0.3, -0.25) is 4.68 Å². The molecule has 1 aliphatic carbocycles. The van der Waals surface area contributed by atoms with Crippen molar-refractivity contribution in [1.29, 1.82) is 5.26 Å². The molecule has 0 bridgehead atoms. The Balaban J connectivity index is 1.47. The van der Waals surface area contributed by atoms with Crippen molar-refractivity contribution in [3.05, 3.63) is 71.7 Å². The summed E-state index contributed by atoms with van der Waals surface area (Å²) < 4.78 is 10.3. The fraction of sp³-hybridized carbons (Fsp3) is 0.292. The van der Waals surface area contributed by atoms with Crippen molar-refractivity contribution >= 4 is 10.9 Å². The second-order valence-electron chi connectivity index (χ2n) is 8.07. The Morgan fingerprint density at radius 2 is 2.03 bits per heavy atom. The molecule has 2 aromatic heterocycles. The van der Waals surface area contributed by atoms with Crippen LogP contribution in [0.2, 0.25) is 0 Å². The van der Waals surface area contributed by atoms with Crippen molar-refractivity contribution in [1.82, 2.24) is 19.6 Å². The first kappa shape index (κ1) is 18.4. The van der Waals surface area contributed by atoms with E-state index < -0.39 is 0 Å². The number of aryl methyl sites for hydroxylation is 1. The molecule has 0 radical (unpaired) electrons. The van der Waals surface area contributed by atoms with Gasteiger partial charge in [-0.1, -0.05) is 6.07 Å². The monoisotopic (exact) mass is 397 g/mol. The Kier molecular flexibility index (Phi) is 4.51. The van der Waals surface area contributed by atoms with Crippen LogP contribution < -0.4 is 4.74 Å². The summed E-state index contributed by atoms with van der Waals surface area (Å²) in [6, 6.07) is 14.5. The summed E-state index contributed by atoms with van der Waals surface area (Å²) in [4.78, 5) is 0. The highest BCUT2D eigenvalue weighted by Gasteiger charge is 2.22. The summed E-state index contributed by atoms with van der Waals surface area (Å²) in [7, 11) is 0. The maximum Gasteiger partial charge on any atom is 0.124 e. The lowest BCUT2D eigenvalue weighted by atomic mass is 9.88. The highest BCUT2D eigenvalue weighted by Crippen LogP contribution is 2.35. The van der Waals surface area contributed by atoms with E-state index >= 15 is 0 Å². The zero-order chi connectivity index (χ0) is 20.7. The maximum absolute atomic E-state index is 9.18. The van der Waals surface area contributed by atoms with Crippen LogP contribution in [-0.2, 0) is 6.42 Å². The molecule has 6 heteroatoms. The molecule has 1 aliphatic rings. The van der Waals surface area contributed by atoms with Gasteiger partial charge in [-0.05, 0) is 68.5 Å². The molecule has 4 aromatic rings. The molecule has 150 valence electrons. The number of hydrogen-bond donors (Lipinski definition) is 0. The van der Waals surface area contributed by atoms with Gasteiger partial charge in [-0.15, -0.1) is 0 Å². The van der Waals surface area contributed by atoms with Crippen LogP contribution >= 0.6 is 0 Å². The van der Waals surface area contributed by atoms with Crippen LogP contribution in [0.4, 0.5) is 0 Å². The van der Waals surface area contributed by atoms with Gasteiger partial charge in [0, 0.05) is 17.5 Å². The van der Waals surface area contributed by atoms with Gasteiger partial charge in [0.15, 0.2) is 0 Å². The SMILES string of the molecule is CC(C)n1cc(-n2ncc3ccc(OC4CCCc5cc(C#N)ccc54)cc32)cn1. The molecule has 1 atom stereocenters. The van der Waals surface area contributed by atoms with E-state index in [0.717, 1.165) is 41.6 Å². The zero-order valence-corrected chi connectivity index (χ0v) is 17.1. The van der Waals surface area contributed by atoms with Gasteiger partial charge in [-0.2, -0.15) is 15.5 Å². The number of aromatic nitrogens is 4. The van der Waals surface area contributed by atoms with Crippen LogP contribution in [0.5, 0.6) is 5.75 Å². The third kappa shape index (κ3) is 3.22. The highest BCUT2D eigenvalue weighted by atomic mass is 16.5. The first-order chi connectivity index (χ1) is 14.6. The second kappa shape index (κ2) is 7.34. The van der Waals surface area contributed by atoms with E-state index in [1.54, 1.807) is 0 Å². The maximum atomic E-state index is 9.18. The van der Waals surface area contributed by atoms with E-state index in [1.807, 2.05) is 64.4 Å². The number of ether oxygens (including phenoxy) is 1. The standard InChI is InChI=1S/C24H23N5O/c1-16(2)28-15-20(14-26-28)29-23-11-21(8-7-19(23)13-27-29)30-24-5-3-4-18-10-17(12-25)6-9-22(18)24/h6-11,13-16,24H,3-5H2,1-2H3. The summed E-state index contributed by atoms with van der Waals surface area (Å²) in [5.74, 6) is 0.822. The lowest BCUT2D eigenvalue weighted by Gasteiger charge is -2.26. The van der Waals surface area contributed by atoms with Crippen LogP contribution in [0.25, 0.3) is 16.6 Å². The fourth-order valence-corrected chi connectivity index (χ4v) is 4.12. The molecule has 0 saturated heterocycles. The minimum absolute atomic E-state index is 0.000921. The Morgan fingerprint density at radius 3 is 2.83 bits per heavy atom. The minimum Gasteiger partial charge on any atom is -0.486 e. The summed E-state index contributed by atoms with van der Waals surface area (Å²) >= 11 is 0. The summed E-state index contributed by atoms with van der Waals surface area (Å²) in [5, 5.41) is 19.2. The Hall–Kier alpha value is -3.59. The van der Waals surface area contributed by atoms with E-state index in [2.05, 4.69) is 30.1 Å². The van der Waals surface area contributed by atoms with Gasteiger partial charge >= 0.3 is 0 Å². The first-order valence-electron chi connectivity index (χ1n) is 10.3. The topological polar surface area (TPSA) is 68.7 Å². The zero-order valence-electron chi connectivity index (χ0n) is 17.1. The molecule has 0 amide bonds. The Bertz CT molecular complexity index is 1260. The van der Waals surface area contributed by atoms with Crippen molar-refractivity contribution < 1.29 is 4.74 Å². The molecule has 0 saturated carbocycles. The normalized spacial score (nSPS) is 15.9. The molecule has 2 heterocycles. The largest absolute Gasteiger partial charge is 0.486 e. The molecule has 1 unspecified atom stereocenters. The van der Waals surface area contributed by atoms with Crippen molar-refractivity contribution in [2.45, 2.75) is 45.3 Å². The lowest BCUT2D eigenvalue weighted by Crippen LogP contribution is -2.15. The average molecular weight is 397 g/mol. The van der Waals surface area contributed by atoms with Gasteiger partial charge < -0.3 is 4.74 Å². The van der Waals surface area contributed by atoms with Crippen LogP contribution in [0, 0.1) is 11.3 Å². The number of nitriles is 1. The molecule has 0 fully saturated rings. The highest BCUT2D eigenvalue weighted by molar-refractivity contribution is 5.81. The molecule has 2 aromatic carbocycles. The molecular weight excluding hydrogens is 374 g/mol. The smallest absolute Gasteiger partial charge is 0.124 e. The third-order valence-electron chi connectivity index (χ3n) is 5.71. The van der Waals surface area contributed by atoms with Crippen molar-refractivity contribution in [2.24, 2.45) is 0 Å². The summed E-state index contributed by atoms with van der Waals surface area (Å²) in [6.07, 6.45) is 8.73. The number of fused-ring (bicyclic) bond motifs is 2. The van der Waals surface area contributed by atoms with Gasteiger partial charge in [-0.25, -0.2) is 4.68 Å². The van der Waals surface area contributed by atoms with Crippen molar-refractivity contribution in [3.63, 3.8) is 0 Å². The van der Waals surface area contributed by atoms with Crippen molar-refractivity contribution in [2.75, 3.05) is 0 Å². The van der Waals surface area contributed by atoms with Crippen LogP contribution in [-0.4, -0.2) is 19.6 Å². The molecular formula is C24H23N5O. The number of nitrogens with zero attached hydrogens (tertiary/aromatic N) is 5. The first-order valence-corrected chi connectivity index (χ1v) is 10.3. The third-order valence-corrected chi connectivity index (χ3v) is 5.71. The quantitative estimate of drug-likeness (QED) is 0.479. The van der Waals surface area contributed by atoms with E-state index in [9.17, 15) is 5.26 Å². The van der Waals surface area contributed by atoms with Gasteiger partial charge in [0.05, 0.1) is 35.7 Å². The van der Waals surface area contributed by atoms with E-state index in [4.69, 9.17) is 4.74 Å². The predicted molar refractivity (Wildman–Crippen MR) is 115 cm³/mol. The van der Waals surface area contributed by atoms with Crippen LogP contribution in [0.1, 0.15) is 55.5 Å². The van der Waals surface area contributed by atoms with Crippen molar-refractivity contribution in [3.8, 4) is 17.5 Å². The molecule has 6 nitrogen and oxygen atoms in total. The number of rotatable bonds is 4. The summed E-state index contributed by atoms with van der Waals surface area (Å²) in [5.41, 5.74) is 5.04. The van der Waals surface area contributed by atoms with E-state index in [-0.39, 0.29) is 6.10 Å². The second-order valence-corrected chi connectivity index (χ2v) is 8.07. The molecule has 5 rings (SSSR count). The molecule has 0 aliphatic heterocycles. The lowest BCUT2D eigenvalue weighted by molar-refractivity contribution is 0.183. The number of benzene rings is 2. The Labute approximate surface area is 175 Å². The fourth-order valence-electron chi connectivity index (χ4n) is 4.12. The number of hydrogen-bond acceptors (Lipinski definition) is 4. The van der Waals surface area contributed by atoms with Gasteiger partial charge in [0.1, 0.15) is 17.5 Å². The van der Waals surface area contributed by atoms with Crippen LogP contribution in [0.3, 0.4) is 0 Å². The summed E-state index contributed by atoms with van der Waals surface area (Å²) in [6.45, 7) is 4.21. The molecule has 0 spiro atoms. The Morgan fingerprint density at radius 1 is 1.13 bits per heavy atom. The van der Waals surface area contributed by atoms with Crippen LogP contribution in [0.15, 0.2) is 55.0 Å².